The van der Waals surface area contributed by atoms with Crippen LogP contribution in [0.3, 0.4) is 0 Å². The van der Waals surface area contributed by atoms with Crippen LogP contribution in [0.25, 0.3) is 28.4 Å². The van der Waals surface area contributed by atoms with Gasteiger partial charge in [-0.25, -0.2) is 9.97 Å². The number of halogens is 3. The van der Waals surface area contributed by atoms with Gasteiger partial charge in [-0.1, -0.05) is 62.4 Å². The summed E-state index contributed by atoms with van der Waals surface area (Å²) in [5.74, 6) is 1.58. The van der Waals surface area contributed by atoms with Crippen LogP contribution in [0.15, 0.2) is 60.9 Å². The van der Waals surface area contributed by atoms with Gasteiger partial charge in [0.2, 0.25) is 0 Å². The summed E-state index contributed by atoms with van der Waals surface area (Å²) in [6.45, 7) is 4.26. The van der Waals surface area contributed by atoms with E-state index in [0.717, 1.165) is 23.0 Å². The predicted octanol–water partition coefficient (Wildman–Crippen LogP) is 5.32. The van der Waals surface area contributed by atoms with E-state index in [4.69, 9.17) is 5.10 Å². The van der Waals surface area contributed by atoms with Crippen LogP contribution in [-0.2, 0) is 19.6 Å². The van der Waals surface area contributed by atoms with Gasteiger partial charge in [-0.2, -0.15) is 22.8 Å². The van der Waals surface area contributed by atoms with Crippen molar-refractivity contribution in [3.8, 4) is 22.6 Å². The Morgan fingerprint density at radius 1 is 0.971 bits per heavy atom. The number of aryl methyl sites for hydroxylation is 1. The minimum absolute atomic E-state index is 0.246. The number of imidazole rings is 1. The summed E-state index contributed by atoms with van der Waals surface area (Å²) in [4.78, 5) is 8.18. The van der Waals surface area contributed by atoms with Crippen molar-refractivity contribution in [1.82, 2.24) is 34.3 Å². The lowest BCUT2D eigenvalue weighted by Gasteiger charge is -2.11. The third-order valence-electron chi connectivity index (χ3n) is 5.80. The molecule has 5 aromatic rings. The van der Waals surface area contributed by atoms with Crippen LogP contribution in [0.5, 0.6) is 0 Å². The van der Waals surface area contributed by atoms with Gasteiger partial charge >= 0.3 is 6.18 Å². The molecule has 0 aliphatic rings. The number of nitrogens with zero attached hydrogens (tertiary/aromatic N) is 7. The first kappa shape index (κ1) is 22.7. The minimum Gasteiger partial charge on any atom is -0.333 e. The molecular formula is C25H22F3N7. The van der Waals surface area contributed by atoms with Gasteiger partial charge in [-0.05, 0) is 17.0 Å². The standard InChI is InChI=1S/C25H22F3N7/c1-15(2)18-6-4-5-7-19(18)20-13-29-24-32-31-22(35(24)33-20)12-16-8-10-17(11-9-16)23-30-21(14-34(23)3)25(26,27)28/h4-11,13-15H,12H2,1-3H3. The summed E-state index contributed by atoms with van der Waals surface area (Å²) < 4.78 is 42.0. The largest absolute Gasteiger partial charge is 0.434 e. The van der Waals surface area contributed by atoms with Gasteiger partial charge in [0.1, 0.15) is 11.5 Å². The molecule has 35 heavy (non-hydrogen) atoms. The molecule has 7 nitrogen and oxygen atoms in total. The Balaban J connectivity index is 1.44. The maximum atomic E-state index is 13.0. The van der Waals surface area contributed by atoms with Gasteiger partial charge in [0, 0.05) is 30.8 Å². The number of aromatic nitrogens is 7. The second-order valence-electron chi connectivity index (χ2n) is 8.65. The van der Waals surface area contributed by atoms with Crippen molar-refractivity contribution in [2.24, 2.45) is 7.05 Å². The van der Waals surface area contributed by atoms with E-state index in [-0.39, 0.29) is 5.82 Å². The van der Waals surface area contributed by atoms with Gasteiger partial charge in [0.15, 0.2) is 11.5 Å². The van der Waals surface area contributed by atoms with Crippen molar-refractivity contribution in [1.29, 1.82) is 0 Å². The SMILES string of the molecule is CC(C)c1ccccc1-c1cnc2nnc(Cc3ccc(-c4nc(C(F)(F)F)cn4C)cc3)n2n1. The first-order chi connectivity index (χ1) is 16.7. The van der Waals surface area contributed by atoms with Crippen LogP contribution in [0.4, 0.5) is 13.2 Å². The summed E-state index contributed by atoms with van der Waals surface area (Å²) in [5, 5.41) is 13.1. The Labute approximate surface area is 199 Å². The molecule has 0 aliphatic carbocycles. The summed E-state index contributed by atoms with van der Waals surface area (Å²) in [6.07, 6.45) is -1.37. The molecule has 3 aromatic heterocycles. The highest BCUT2D eigenvalue weighted by molar-refractivity contribution is 5.63. The molecule has 178 valence electrons. The van der Waals surface area contributed by atoms with Gasteiger partial charge in [-0.15, -0.1) is 10.2 Å². The highest BCUT2D eigenvalue weighted by atomic mass is 19.4. The van der Waals surface area contributed by atoms with Crippen LogP contribution >= 0.6 is 0 Å². The Morgan fingerprint density at radius 3 is 2.40 bits per heavy atom. The lowest BCUT2D eigenvalue weighted by atomic mass is 9.96. The van der Waals surface area contributed by atoms with E-state index >= 15 is 0 Å². The molecule has 0 spiro atoms. The van der Waals surface area contributed by atoms with Crippen molar-refractivity contribution < 1.29 is 13.2 Å². The van der Waals surface area contributed by atoms with Crippen LogP contribution in [0, 0.1) is 0 Å². The van der Waals surface area contributed by atoms with Crippen LogP contribution in [0.1, 0.15) is 42.4 Å². The fourth-order valence-electron chi connectivity index (χ4n) is 4.03. The molecule has 0 saturated carbocycles. The van der Waals surface area contributed by atoms with E-state index in [1.807, 2.05) is 30.3 Å². The molecule has 0 radical (unpaired) electrons. The Bertz CT molecular complexity index is 1500. The zero-order chi connectivity index (χ0) is 24.7. The van der Waals surface area contributed by atoms with Gasteiger partial charge in [0.25, 0.3) is 5.78 Å². The highest BCUT2D eigenvalue weighted by Gasteiger charge is 2.34. The summed E-state index contributed by atoms with van der Waals surface area (Å²) in [7, 11) is 1.54. The molecule has 0 unspecified atom stereocenters. The van der Waals surface area contributed by atoms with Crippen LogP contribution in [-0.4, -0.2) is 34.3 Å². The zero-order valence-corrected chi connectivity index (χ0v) is 19.3. The average molecular weight is 477 g/mol. The molecule has 0 amide bonds. The summed E-state index contributed by atoms with van der Waals surface area (Å²) >= 11 is 0. The maximum absolute atomic E-state index is 13.0. The third kappa shape index (κ3) is 4.39. The quantitative estimate of drug-likeness (QED) is 0.343. The Morgan fingerprint density at radius 2 is 1.71 bits per heavy atom. The monoisotopic (exact) mass is 477 g/mol. The second kappa shape index (κ2) is 8.61. The Hall–Kier alpha value is -4.08. The molecule has 0 bridgehead atoms. The normalized spacial score (nSPS) is 12.1. The molecule has 0 fully saturated rings. The van der Waals surface area contributed by atoms with E-state index in [1.54, 1.807) is 29.9 Å². The minimum atomic E-state index is -4.49. The van der Waals surface area contributed by atoms with Crippen molar-refractivity contribution in [2.75, 3.05) is 0 Å². The van der Waals surface area contributed by atoms with Crippen molar-refractivity contribution in [3.63, 3.8) is 0 Å². The molecule has 0 N–H and O–H groups in total. The number of alkyl halides is 3. The number of hydrogen-bond acceptors (Lipinski definition) is 5. The van der Waals surface area contributed by atoms with E-state index in [2.05, 4.69) is 40.1 Å². The van der Waals surface area contributed by atoms with Crippen molar-refractivity contribution in [3.05, 3.63) is 83.6 Å². The smallest absolute Gasteiger partial charge is 0.333 e. The number of rotatable bonds is 5. The van der Waals surface area contributed by atoms with E-state index in [1.165, 1.54) is 10.1 Å². The van der Waals surface area contributed by atoms with Crippen LogP contribution < -0.4 is 0 Å². The maximum Gasteiger partial charge on any atom is 0.434 e. The first-order valence-corrected chi connectivity index (χ1v) is 11.1. The van der Waals surface area contributed by atoms with Gasteiger partial charge in [-0.3, -0.25) is 0 Å². The molecule has 0 atom stereocenters. The summed E-state index contributed by atoms with van der Waals surface area (Å²) in [5.41, 5.74) is 3.49. The fraction of sp³-hybridized carbons (Fsp3) is 0.240. The molecule has 0 aliphatic heterocycles. The zero-order valence-electron chi connectivity index (χ0n) is 19.3. The topological polar surface area (TPSA) is 73.8 Å². The molecule has 2 aromatic carbocycles. The highest BCUT2D eigenvalue weighted by Crippen LogP contribution is 2.31. The van der Waals surface area contributed by atoms with Crippen LogP contribution in [0.2, 0.25) is 0 Å². The van der Waals surface area contributed by atoms with E-state index in [0.29, 0.717) is 29.5 Å². The van der Waals surface area contributed by atoms with Crippen molar-refractivity contribution >= 4 is 5.78 Å². The number of fused-ring (bicyclic) bond motifs is 1. The third-order valence-corrected chi connectivity index (χ3v) is 5.80. The van der Waals surface area contributed by atoms with E-state index in [9.17, 15) is 13.2 Å². The molecule has 0 saturated heterocycles. The number of benzene rings is 2. The van der Waals surface area contributed by atoms with Gasteiger partial charge in [0.05, 0.1) is 6.20 Å². The molecule has 10 heteroatoms. The predicted molar refractivity (Wildman–Crippen MR) is 125 cm³/mol. The lowest BCUT2D eigenvalue weighted by molar-refractivity contribution is -0.140. The second-order valence-corrected chi connectivity index (χ2v) is 8.65. The lowest BCUT2D eigenvalue weighted by Crippen LogP contribution is -2.05. The molecular weight excluding hydrogens is 455 g/mol. The summed E-state index contributed by atoms with van der Waals surface area (Å²) in [6, 6.07) is 15.3. The fourth-order valence-corrected chi connectivity index (χ4v) is 4.03. The van der Waals surface area contributed by atoms with E-state index < -0.39 is 11.9 Å². The van der Waals surface area contributed by atoms with Gasteiger partial charge < -0.3 is 4.57 Å². The first-order valence-electron chi connectivity index (χ1n) is 11.1. The molecule has 3 heterocycles. The van der Waals surface area contributed by atoms with Crippen molar-refractivity contribution in [2.45, 2.75) is 32.4 Å². The molecule has 5 rings (SSSR count). The average Bonchev–Trinajstić information content (AvgIpc) is 3.43. The number of hydrogen-bond donors (Lipinski definition) is 0. The Kier molecular flexibility index (Phi) is 5.58.